The molecule has 0 aliphatic carbocycles. The van der Waals surface area contributed by atoms with E-state index in [0.717, 1.165) is 5.56 Å². The van der Waals surface area contributed by atoms with Gasteiger partial charge in [0.2, 0.25) is 10.0 Å². The Balaban J connectivity index is 0.000000326. The van der Waals surface area contributed by atoms with Gasteiger partial charge in [-0.3, -0.25) is 0 Å². The van der Waals surface area contributed by atoms with Gasteiger partial charge >= 0.3 is 0 Å². The van der Waals surface area contributed by atoms with Crippen LogP contribution in [0.4, 0.5) is 0 Å². The lowest BCUT2D eigenvalue weighted by atomic mass is 10.0. The molecule has 0 radical (unpaired) electrons. The van der Waals surface area contributed by atoms with E-state index in [2.05, 4.69) is 37.3 Å². The molecule has 0 amide bonds. The monoisotopic (exact) mass is 417 g/mol. The molecule has 2 aromatic rings. The van der Waals surface area contributed by atoms with Crippen molar-refractivity contribution >= 4 is 10.0 Å². The van der Waals surface area contributed by atoms with Crippen molar-refractivity contribution in [2.24, 2.45) is 5.14 Å². The first-order chi connectivity index (χ1) is 13.9. The summed E-state index contributed by atoms with van der Waals surface area (Å²) in [4.78, 5) is 0.156. The Bertz CT molecular complexity index is 740. The van der Waals surface area contributed by atoms with Crippen molar-refractivity contribution in [2.45, 2.75) is 89.4 Å². The number of benzene rings is 2. The van der Waals surface area contributed by atoms with E-state index in [9.17, 15) is 8.42 Å². The highest BCUT2D eigenvalue weighted by Gasteiger charge is 2.04. The van der Waals surface area contributed by atoms with Gasteiger partial charge in [0.25, 0.3) is 0 Å². The molecular weight excluding hydrogens is 378 g/mol. The van der Waals surface area contributed by atoms with Gasteiger partial charge in [-0.2, -0.15) is 0 Å². The van der Waals surface area contributed by atoms with Gasteiger partial charge in [0, 0.05) is 0 Å². The van der Waals surface area contributed by atoms with Crippen LogP contribution >= 0.6 is 0 Å². The van der Waals surface area contributed by atoms with Crippen LogP contribution in [0.1, 0.15) is 82.3 Å². The van der Waals surface area contributed by atoms with Crippen molar-refractivity contribution < 1.29 is 8.42 Å². The van der Waals surface area contributed by atoms with Gasteiger partial charge in [0.1, 0.15) is 0 Å². The van der Waals surface area contributed by atoms with E-state index < -0.39 is 10.0 Å². The molecule has 29 heavy (non-hydrogen) atoms. The van der Waals surface area contributed by atoms with E-state index in [1.165, 1.54) is 88.3 Å². The molecule has 0 bridgehead atoms. The van der Waals surface area contributed by atoms with Crippen LogP contribution in [0.5, 0.6) is 0 Å². The standard InChI is InChI=1S/C18H30.C7H9NO2S/c1-2-3-4-5-6-7-8-9-10-12-15-18-16-13-11-14-17-18;1-6-2-4-7(5-3-6)11(8,9)10/h11,13-14,16-17H,2-10,12,15H2,1H3;2-5H,1H3,(H2,8,9,10). The summed E-state index contributed by atoms with van der Waals surface area (Å²) in [5.74, 6) is 0. The van der Waals surface area contributed by atoms with Crippen LogP contribution in [-0.4, -0.2) is 8.42 Å². The van der Waals surface area contributed by atoms with Crippen molar-refractivity contribution in [3.05, 3.63) is 65.7 Å². The van der Waals surface area contributed by atoms with Crippen molar-refractivity contribution in [1.82, 2.24) is 0 Å². The van der Waals surface area contributed by atoms with Crippen LogP contribution in [0.2, 0.25) is 0 Å². The van der Waals surface area contributed by atoms with E-state index in [-0.39, 0.29) is 4.90 Å². The molecule has 2 rings (SSSR count). The van der Waals surface area contributed by atoms with Crippen LogP contribution in [0.3, 0.4) is 0 Å². The van der Waals surface area contributed by atoms with Gasteiger partial charge in [-0.25, -0.2) is 13.6 Å². The zero-order valence-corrected chi connectivity index (χ0v) is 19.1. The molecule has 4 heteroatoms. The predicted octanol–water partition coefficient (Wildman–Crippen LogP) is 6.79. The Morgan fingerprint density at radius 3 is 1.66 bits per heavy atom. The van der Waals surface area contributed by atoms with E-state index >= 15 is 0 Å². The lowest BCUT2D eigenvalue weighted by Gasteiger charge is -2.03. The van der Waals surface area contributed by atoms with Crippen LogP contribution in [0, 0.1) is 6.92 Å². The average molecular weight is 418 g/mol. The second kappa shape index (κ2) is 15.2. The first kappa shape index (κ1) is 25.4. The lowest BCUT2D eigenvalue weighted by Crippen LogP contribution is -2.11. The third kappa shape index (κ3) is 13.2. The summed E-state index contributed by atoms with van der Waals surface area (Å²) in [6.45, 7) is 4.17. The molecule has 0 fully saturated rings. The summed E-state index contributed by atoms with van der Waals surface area (Å²) < 4.78 is 21.4. The number of hydrogen-bond acceptors (Lipinski definition) is 2. The van der Waals surface area contributed by atoms with Crippen LogP contribution in [-0.2, 0) is 16.4 Å². The zero-order valence-electron chi connectivity index (χ0n) is 18.3. The maximum atomic E-state index is 10.7. The number of nitrogens with two attached hydrogens (primary N) is 1. The second-order valence-electron chi connectivity index (χ2n) is 7.78. The minimum atomic E-state index is -3.52. The molecule has 0 aliphatic heterocycles. The molecule has 0 saturated carbocycles. The summed E-state index contributed by atoms with van der Waals surface area (Å²) in [6.07, 6.45) is 15.5. The Hall–Kier alpha value is -1.65. The van der Waals surface area contributed by atoms with Crippen molar-refractivity contribution in [3.63, 3.8) is 0 Å². The summed E-state index contributed by atoms with van der Waals surface area (Å²) in [7, 11) is -3.52. The summed E-state index contributed by atoms with van der Waals surface area (Å²) in [5.41, 5.74) is 2.51. The highest BCUT2D eigenvalue weighted by atomic mass is 32.2. The highest BCUT2D eigenvalue weighted by Crippen LogP contribution is 2.12. The van der Waals surface area contributed by atoms with Gasteiger partial charge in [-0.05, 0) is 37.5 Å². The van der Waals surface area contributed by atoms with Crippen molar-refractivity contribution in [3.8, 4) is 0 Å². The third-order valence-corrected chi connectivity index (χ3v) is 5.94. The van der Waals surface area contributed by atoms with Gasteiger partial charge < -0.3 is 0 Å². The fraction of sp³-hybridized carbons (Fsp3) is 0.520. The first-order valence-electron chi connectivity index (χ1n) is 11.1. The molecule has 3 nitrogen and oxygen atoms in total. The van der Waals surface area contributed by atoms with Crippen LogP contribution < -0.4 is 5.14 Å². The quantitative estimate of drug-likeness (QED) is 0.386. The Labute approximate surface area is 178 Å². The maximum Gasteiger partial charge on any atom is 0.238 e. The molecular formula is C25H39NO2S. The smallest absolute Gasteiger partial charge is 0.225 e. The van der Waals surface area contributed by atoms with Gasteiger partial charge in [0.05, 0.1) is 4.90 Å². The van der Waals surface area contributed by atoms with E-state index in [4.69, 9.17) is 5.14 Å². The fourth-order valence-corrected chi connectivity index (χ4v) is 3.70. The highest BCUT2D eigenvalue weighted by molar-refractivity contribution is 7.89. The SMILES string of the molecule is CCCCCCCCCCCCc1ccccc1.Cc1ccc(S(N)(=O)=O)cc1. The van der Waals surface area contributed by atoms with Crippen LogP contribution in [0.25, 0.3) is 0 Å². The molecule has 0 spiro atoms. The number of aryl methyl sites for hydroxylation is 2. The second-order valence-corrected chi connectivity index (χ2v) is 9.34. The van der Waals surface area contributed by atoms with Gasteiger partial charge in [-0.1, -0.05) is 113 Å². The number of hydrogen-bond donors (Lipinski definition) is 1. The topological polar surface area (TPSA) is 60.2 Å². The Morgan fingerprint density at radius 1 is 0.690 bits per heavy atom. The number of unbranched alkanes of at least 4 members (excludes halogenated alkanes) is 9. The van der Waals surface area contributed by atoms with Crippen molar-refractivity contribution in [1.29, 1.82) is 0 Å². The Kier molecular flexibility index (Phi) is 13.3. The maximum absolute atomic E-state index is 10.7. The Morgan fingerprint density at radius 2 is 1.17 bits per heavy atom. The normalized spacial score (nSPS) is 11.0. The van der Waals surface area contributed by atoms with E-state index in [0.29, 0.717) is 0 Å². The molecule has 0 aromatic heterocycles. The zero-order chi connectivity index (χ0) is 21.4. The van der Waals surface area contributed by atoms with Gasteiger partial charge in [0.15, 0.2) is 0 Å². The molecule has 2 N–H and O–H groups in total. The fourth-order valence-electron chi connectivity index (χ4n) is 3.19. The predicted molar refractivity (Wildman–Crippen MR) is 125 cm³/mol. The molecule has 162 valence electrons. The van der Waals surface area contributed by atoms with Crippen LogP contribution in [0.15, 0.2) is 59.5 Å². The van der Waals surface area contributed by atoms with Crippen molar-refractivity contribution in [2.75, 3.05) is 0 Å². The van der Waals surface area contributed by atoms with E-state index in [1.807, 2.05) is 6.92 Å². The molecule has 0 saturated heterocycles. The average Bonchev–Trinajstić information content (AvgIpc) is 2.70. The minimum Gasteiger partial charge on any atom is -0.225 e. The first-order valence-corrected chi connectivity index (χ1v) is 12.6. The molecule has 0 aliphatic rings. The largest absolute Gasteiger partial charge is 0.238 e. The lowest BCUT2D eigenvalue weighted by molar-refractivity contribution is 0.556. The molecule has 2 aromatic carbocycles. The summed E-state index contributed by atoms with van der Waals surface area (Å²) in [5, 5.41) is 4.88. The summed E-state index contributed by atoms with van der Waals surface area (Å²) in [6, 6.07) is 17.3. The van der Waals surface area contributed by atoms with Gasteiger partial charge in [-0.15, -0.1) is 0 Å². The minimum absolute atomic E-state index is 0.156. The number of sulfonamides is 1. The molecule has 0 unspecified atom stereocenters. The number of primary sulfonamides is 1. The molecule has 0 atom stereocenters. The molecule has 0 heterocycles. The number of rotatable bonds is 12. The third-order valence-electron chi connectivity index (χ3n) is 5.01. The summed E-state index contributed by atoms with van der Waals surface area (Å²) >= 11 is 0. The van der Waals surface area contributed by atoms with E-state index in [1.54, 1.807) is 12.1 Å².